The van der Waals surface area contributed by atoms with Crippen LogP contribution in [0.2, 0.25) is 0 Å². The molecule has 0 heterocycles. The van der Waals surface area contributed by atoms with Gasteiger partial charge < -0.3 is 9.47 Å². The Labute approximate surface area is 130 Å². The Morgan fingerprint density at radius 2 is 2.10 bits per heavy atom. The lowest BCUT2D eigenvalue weighted by Gasteiger charge is -2.32. The number of carbonyl (C=O) groups is 1. The Bertz CT molecular complexity index is 319. The van der Waals surface area contributed by atoms with Crippen molar-refractivity contribution in [3.63, 3.8) is 0 Å². The largest absolute Gasteiger partial charge is 0.468 e. The van der Waals surface area contributed by atoms with Gasteiger partial charge in [-0.05, 0) is 46.0 Å². The lowest BCUT2D eigenvalue weighted by Crippen LogP contribution is -2.53. The van der Waals surface area contributed by atoms with Crippen molar-refractivity contribution >= 4 is 5.97 Å². The Kier molecular flexibility index (Phi) is 7.67. The molecule has 0 amide bonds. The average molecular weight is 299 g/mol. The molecule has 21 heavy (non-hydrogen) atoms. The molecule has 1 saturated carbocycles. The molecule has 3 atom stereocenters. The van der Waals surface area contributed by atoms with E-state index in [9.17, 15) is 4.79 Å². The predicted octanol–water partition coefficient (Wildman–Crippen LogP) is 3.29. The van der Waals surface area contributed by atoms with Crippen LogP contribution in [0.1, 0.15) is 66.2 Å². The molecule has 0 aliphatic heterocycles. The second kappa shape index (κ2) is 8.74. The molecule has 0 bridgehead atoms. The standard InChI is InChI=1S/C17H33NO3/c1-6-14-8-7-9-15(12-14)21-11-10-17(4,16(19)20-5)18-13(2)3/h13-15,18H,6-12H2,1-5H3. The minimum Gasteiger partial charge on any atom is -0.468 e. The molecule has 0 saturated heterocycles. The van der Waals surface area contributed by atoms with Gasteiger partial charge in [-0.1, -0.05) is 26.2 Å². The highest BCUT2D eigenvalue weighted by Gasteiger charge is 2.34. The lowest BCUT2D eigenvalue weighted by molar-refractivity contribution is -0.149. The Balaban J connectivity index is 2.44. The van der Waals surface area contributed by atoms with Crippen molar-refractivity contribution in [3.8, 4) is 0 Å². The molecule has 3 unspecified atom stereocenters. The molecule has 0 aromatic carbocycles. The first-order chi connectivity index (χ1) is 9.91. The molecule has 0 spiro atoms. The minimum absolute atomic E-state index is 0.213. The minimum atomic E-state index is -0.665. The van der Waals surface area contributed by atoms with Crippen LogP contribution in [0.4, 0.5) is 0 Å². The van der Waals surface area contributed by atoms with Gasteiger partial charge in [-0.2, -0.15) is 0 Å². The fourth-order valence-corrected chi connectivity index (χ4v) is 3.29. The van der Waals surface area contributed by atoms with Gasteiger partial charge in [-0.15, -0.1) is 0 Å². The molecule has 1 aliphatic carbocycles. The van der Waals surface area contributed by atoms with Crippen LogP contribution >= 0.6 is 0 Å². The van der Waals surface area contributed by atoms with Crippen molar-refractivity contribution in [2.24, 2.45) is 5.92 Å². The molecule has 0 radical (unpaired) electrons. The summed E-state index contributed by atoms with van der Waals surface area (Å²) in [6.45, 7) is 8.84. The van der Waals surface area contributed by atoms with Crippen LogP contribution in [0.3, 0.4) is 0 Å². The molecule has 124 valence electrons. The van der Waals surface area contributed by atoms with Gasteiger partial charge in [0.1, 0.15) is 5.54 Å². The van der Waals surface area contributed by atoms with E-state index in [1.54, 1.807) is 0 Å². The summed E-state index contributed by atoms with van der Waals surface area (Å²) in [5.74, 6) is 0.597. The Morgan fingerprint density at radius 3 is 2.67 bits per heavy atom. The van der Waals surface area contributed by atoms with Gasteiger partial charge >= 0.3 is 5.97 Å². The third kappa shape index (κ3) is 5.95. The van der Waals surface area contributed by atoms with Crippen LogP contribution in [-0.4, -0.2) is 37.4 Å². The van der Waals surface area contributed by atoms with E-state index in [4.69, 9.17) is 9.47 Å². The number of ether oxygens (including phenoxy) is 2. The number of esters is 1. The maximum absolute atomic E-state index is 12.0. The van der Waals surface area contributed by atoms with E-state index < -0.39 is 5.54 Å². The van der Waals surface area contributed by atoms with Gasteiger partial charge in [-0.3, -0.25) is 10.1 Å². The highest BCUT2D eigenvalue weighted by atomic mass is 16.5. The van der Waals surface area contributed by atoms with Crippen LogP contribution in [0.25, 0.3) is 0 Å². The second-order valence-electron chi connectivity index (χ2n) is 6.81. The molecule has 1 rings (SSSR count). The van der Waals surface area contributed by atoms with Crippen LogP contribution in [0, 0.1) is 5.92 Å². The SMILES string of the molecule is CCC1CCCC(OCCC(C)(NC(C)C)C(=O)OC)C1. The van der Waals surface area contributed by atoms with E-state index in [1.165, 1.54) is 32.8 Å². The highest BCUT2D eigenvalue weighted by Crippen LogP contribution is 2.28. The Morgan fingerprint density at radius 1 is 1.38 bits per heavy atom. The maximum Gasteiger partial charge on any atom is 0.325 e. The number of rotatable bonds is 8. The highest BCUT2D eigenvalue weighted by molar-refractivity contribution is 5.80. The summed E-state index contributed by atoms with van der Waals surface area (Å²) < 4.78 is 11.0. The maximum atomic E-state index is 12.0. The molecule has 1 aliphatic rings. The smallest absolute Gasteiger partial charge is 0.325 e. The van der Waals surface area contributed by atoms with Crippen LogP contribution in [0.15, 0.2) is 0 Å². The van der Waals surface area contributed by atoms with Crippen molar-refractivity contribution in [2.75, 3.05) is 13.7 Å². The van der Waals surface area contributed by atoms with Gasteiger partial charge in [0.05, 0.1) is 13.2 Å². The summed E-state index contributed by atoms with van der Waals surface area (Å²) in [7, 11) is 1.44. The Hall–Kier alpha value is -0.610. The van der Waals surface area contributed by atoms with E-state index >= 15 is 0 Å². The average Bonchev–Trinajstić information content (AvgIpc) is 2.45. The zero-order chi connectivity index (χ0) is 15.9. The molecular formula is C17H33NO3. The van der Waals surface area contributed by atoms with E-state index in [0.29, 0.717) is 19.1 Å². The van der Waals surface area contributed by atoms with E-state index in [2.05, 4.69) is 12.2 Å². The molecule has 4 heteroatoms. The van der Waals surface area contributed by atoms with Gasteiger partial charge in [0.25, 0.3) is 0 Å². The zero-order valence-electron chi connectivity index (χ0n) is 14.4. The van der Waals surface area contributed by atoms with E-state index in [1.807, 2.05) is 20.8 Å². The summed E-state index contributed by atoms with van der Waals surface area (Å²) in [4.78, 5) is 12.0. The fourth-order valence-electron chi connectivity index (χ4n) is 3.29. The first-order valence-electron chi connectivity index (χ1n) is 8.39. The van der Waals surface area contributed by atoms with E-state index in [0.717, 1.165) is 12.3 Å². The third-order valence-electron chi connectivity index (χ3n) is 4.51. The van der Waals surface area contributed by atoms with Crippen molar-refractivity contribution in [2.45, 2.75) is 83.9 Å². The molecular weight excluding hydrogens is 266 g/mol. The lowest BCUT2D eigenvalue weighted by atomic mass is 9.85. The van der Waals surface area contributed by atoms with Gasteiger partial charge in [-0.25, -0.2) is 0 Å². The topological polar surface area (TPSA) is 47.6 Å². The number of hydrogen-bond donors (Lipinski definition) is 1. The first kappa shape index (κ1) is 18.4. The normalized spacial score (nSPS) is 25.6. The molecule has 1 N–H and O–H groups in total. The second-order valence-corrected chi connectivity index (χ2v) is 6.81. The van der Waals surface area contributed by atoms with Crippen molar-refractivity contribution < 1.29 is 14.3 Å². The van der Waals surface area contributed by atoms with Crippen molar-refractivity contribution in [1.82, 2.24) is 5.32 Å². The fraction of sp³-hybridized carbons (Fsp3) is 0.941. The summed E-state index contributed by atoms with van der Waals surface area (Å²) in [5.41, 5.74) is -0.665. The zero-order valence-corrected chi connectivity index (χ0v) is 14.4. The quantitative estimate of drug-likeness (QED) is 0.699. The monoisotopic (exact) mass is 299 g/mol. The number of nitrogens with one attached hydrogen (secondary N) is 1. The van der Waals surface area contributed by atoms with Crippen LogP contribution in [-0.2, 0) is 14.3 Å². The van der Waals surface area contributed by atoms with Crippen molar-refractivity contribution in [1.29, 1.82) is 0 Å². The predicted molar refractivity (Wildman–Crippen MR) is 85.3 cm³/mol. The van der Waals surface area contributed by atoms with Gasteiger partial charge in [0, 0.05) is 12.6 Å². The first-order valence-corrected chi connectivity index (χ1v) is 8.39. The number of carbonyl (C=O) groups excluding carboxylic acids is 1. The number of methoxy groups -OCH3 is 1. The molecule has 1 fully saturated rings. The third-order valence-corrected chi connectivity index (χ3v) is 4.51. The molecule has 0 aromatic heterocycles. The summed E-state index contributed by atoms with van der Waals surface area (Å²) in [5, 5.41) is 3.31. The number of hydrogen-bond acceptors (Lipinski definition) is 4. The molecule has 0 aromatic rings. The van der Waals surface area contributed by atoms with Gasteiger partial charge in [0.15, 0.2) is 0 Å². The summed E-state index contributed by atoms with van der Waals surface area (Å²) in [6, 6.07) is 0.230. The van der Waals surface area contributed by atoms with E-state index in [-0.39, 0.29) is 12.0 Å². The van der Waals surface area contributed by atoms with Gasteiger partial charge in [0.2, 0.25) is 0 Å². The van der Waals surface area contributed by atoms with Crippen LogP contribution < -0.4 is 5.32 Å². The van der Waals surface area contributed by atoms with Crippen LogP contribution in [0.5, 0.6) is 0 Å². The van der Waals surface area contributed by atoms with Crippen molar-refractivity contribution in [3.05, 3.63) is 0 Å². The summed E-state index contributed by atoms with van der Waals surface area (Å²) in [6.07, 6.45) is 7.18. The molecule has 4 nitrogen and oxygen atoms in total. The summed E-state index contributed by atoms with van der Waals surface area (Å²) >= 11 is 0.